The monoisotopic (exact) mass is 238 g/mol. The van der Waals surface area contributed by atoms with Gasteiger partial charge in [0.25, 0.3) is 0 Å². The zero-order valence-electron chi connectivity index (χ0n) is 9.46. The van der Waals surface area contributed by atoms with Gasteiger partial charge in [0.05, 0.1) is 6.57 Å². The van der Waals surface area contributed by atoms with E-state index in [2.05, 4.69) is 10.2 Å². The molecule has 0 saturated carbocycles. The van der Waals surface area contributed by atoms with Crippen LogP contribution in [0.15, 0.2) is 54.6 Å². The fourth-order valence-electron chi connectivity index (χ4n) is 1.39. The van der Waals surface area contributed by atoms with E-state index in [9.17, 15) is 4.79 Å². The maximum Gasteiger partial charge on any atom is 0.417 e. The molecule has 1 amide bonds. The number of rotatable bonds is 2. The molecule has 2 aromatic rings. The molecule has 4 nitrogen and oxygen atoms in total. The van der Waals surface area contributed by atoms with Crippen molar-refractivity contribution in [3.8, 4) is 5.75 Å². The predicted octanol–water partition coefficient (Wildman–Crippen LogP) is 3.85. The van der Waals surface area contributed by atoms with Gasteiger partial charge in [-0.25, -0.2) is 9.64 Å². The number of amides is 1. The van der Waals surface area contributed by atoms with Gasteiger partial charge in [0, 0.05) is 5.69 Å². The zero-order valence-corrected chi connectivity index (χ0v) is 9.46. The van der Waals surface area contributed by atoms with Crippen molar-refractivity contribution in [2.75, 3.05) is 5.32 Å². The number of para-hydroxylation sites is 1. The van der Waals surface area contributed by atoms with Crippen molar-refractivity contribution < 1.29 is 9.53 Å². The number of hydrogen-bond donors (Lipinski definition) is 1. The first-order valence-electron chi connectivity index (χ1n) is 5.29. The van der Waals surface area contributed by atoms with Crippen molar-refractivity contribution >= 4 is 17.5 Å². The number of carbonyl (C=O) groups is 1. The molecule has 0 unspecified atom stereocenters. The summed E-state index contributed by atoms with van der Waals surface area (Å²) in [6.45, 7) is 6.87. The first-order chi connectivity index (χ1) is 8.78. The van der Waals surface area contributed by atoms with Crippen molar-refractivity contribution in [3.05, 3.63) is 66.0 Å². The second kappa shape index (κ2) is 5.51. The lowest BCUT2D eigenvalue weighted by molar-refractivity contribution is 0.215. The number of hydrogen-bond acceptors (Lipinski definition) is 2. The summed E-state index contributed by atoms with van der Waals surface area (Å²) >= 11 is 0. The van der Waals surface area contributed by atoms with Gasteiger partial charge in [0.15, 0.2) is 5.69 Å². The number of anilines is 1. The Morgan fingerprint density at radius 1 is 1.11 bits per heavy atom. The Hall–Kier alpha value is -2.80. The molecule has 0 saturated heterocycles. The molecule has 0 heterocycles. The van der Waals surface area contributed by atoms with Gasteiger partial charge >= 0.3 is 6.09 Å². The second-order valence-electron chi connectivity index (χ2n) is 3.49. The van der Waals surface area contributed by atoms with E-state index < -0.39 is 6.09 Å². The van der Waals surface area contributed by atoms with Gasteiger partial charge in [-0.2, -0.15) is 0 Å². The van der Waals surface area contributed by atoms with E-state index in [4.69, 9.17) is 11.3 Å². The molecule has 0 aliphatic rings. The molecule has 2 aromatic carbocycles. The largest absolute Gasteiger partial charge is 0.417 e. The number of ether oxygens (including phenoxy) is 1. The Morgan fingerprint density at radius 3 is 2.61 bits per heavy atom. The van der Waals surface area contributed by atoms with Crippen molar-refractivity contribution in [1.82, 2.24) is 0 Å². The Kier molecular flexibility index (Phi) is 3.57. The molecular formula is C14H10N2O2. The van der Waals surface area contributed by atoms with Gasteiger partial charge < -0.3 is 4.74 Å². The van der Waals surface area contributed by atoms with Crippen molar-refractivity contribution in [1.29, 1.82) is 0 Å². The molecule has 4 heteroatoms. The molecule has 0 aromatic heterocycles. The maximum atomic E-state index is 11.6. The number of nitrogens with one attached hydrogen (secondary N) is 1. The quantitative estimate of drug-likeness (QED) is 0.807. The highest BCUT2D eigenvalue weighted by Crippen LogP contribution is 2.20. The lowest BCUT2D eigenvalue weighted by Crippen LogP contribution is -2.16. The number of carbonyl (C=O) groups excluding carboxylic acids is 1. The van der Waals surface area contributed by atoms with Gasteiger partial charge in [-0.1, -0.05) is 30.3 Å². The van der Waals surface area contributed by atoms with E-state index in [1.54, 1.807) is 30.3 Å². The topological polar surface area (TPSA) is 42.7 Å². The number of benzene rings is 2. The minimum Gasteiger partial charge on any atom is -0.411 e. The molecule has 0 radical (unpaired) electrons. The molecule has 0 aliphatic carbocycles. The summed E-state index contributed by atoms with van der Waals surface area (Å²) in [5.74, 6) is 0.344. The summed E-state index contributed by atoms with van der Waals surface area (Å²) in [5, 5.41) is 2.59. The van der Waals surface area contributed by atoms with Crippen LogP contribution in [-0.4, -0.2) is 6.09 Å². The van der Waals surface area contributed by atoms with Gasteiger partial charge in [-0.3, -0.25) is 5.32 Å². The summed E-state index contributed by atoms with van der Waals surface area (Å²) in [6, 6.07) is 15.5. The summed E-state index contributed by atoms with van der Waals surface area (Å²) in [7, 11) is 0. The van der Waals surface area contributed by atoms with Gasteiger partial charge in [-0.15, -0.1) is 0 Å². The first-order valence-corrected chi connectivity index (χ1v) is 5.29. The van der Waals surface area contributed by atoms with E-state index in [1.807, 2.05) is 18.2 Å². The molecule has 0 aliphatic heterocycles. The average Bonchev–Trinajstić information content (AvgIpc) is 2.40. The third-order valence-corrected chi connectivity index (χ3v) is 2.18. The van der Waals surface area contributed by atoms with Gasteiger partial charge in [0.2, 0.25) is 0 Å². The molecule has 88 valence electrons. The third-order valence-electron chi connectivity index (χ3n) is 2.18. The summed E-state index contributed by atoms with van der Waals surface area (Å²) in [6.07, 6.45) is -0.580. The Bertz CT molecular complexity index is 588. The van der Waals surface area contributed by atoms with E-state index >= 15 is 0 Å². The highest BCUT2D eigenvalue weighted by atomic mass is 16.6. The molecule has 0 fully saturated rings. The maximum absolute atomic E-state index is 11.6. The third kappa shape index (κ3) is 3.09. The summed E-state index contributed by atoms with van der Waals surface area (Å²) in [4.78, 5) is 14.8. The zero-order chi connectivity index (χ0) is 12.8. The second-order valence-corrected chi connectivity index (χ2v) is 3.49. The summed E-state index contributed by atoms with van der Waals surface area (Å²) < 4.78 is 5.07. The highest BCUT2D eigenvalue weighted by molar-refractivity contribution is 5.86. The number of nitrogens with zero attached hydrogens (tertiary/aromatic N) is 1. The standard InChI is InChI=1S/C14H10N2O2/c1-15-12-8-5-9-13(10-12)18-14(17)16-11-6-3-2-4-7-11/h2-10H,(H,16,17). The Balaban J connectivity index is 2.01. The van der Waals surface area contributed by atoms with Crippen molar-refractivity contribution in [3.63, 3.8) is 0 Å². The van der Waals surface area contributed by atoms with Gasteiger partial charge in [-0.05, 0) is 24.3 Å². The normalized spacial score (nSPS) is 9.28. The average molecular weight is 238 g/mol. The van der Waals surface area contributed by atoms with Crippen LogP contribution in [-0.2, 0) is 0 Å². The van der Waals surface area contributed by atoms with E-state index in [-0.39, 0.29) is 0 Å². The SMILES string of the molecule is [C-]#[N+]c1cccc(OC(=O)Nc2ccccc2)c1. The van der Waals surface area contributed by atoms with Crippen LogP contribution in [0.25, 0.3) is 4.85 Å². The van der Waals surface area contributed by atoms with Crippen LogP contribution in [0.4, 0.5) is 16.2 Å². The van der Waals surface area contributed by atoms with E-state index in [1.165, 1.54) is 6.07 Å². The molecule has 18 heavy (non-hydrogen) atoms. The summed E-state index contributed by atoms with van der Waals surface area (Å²) in [5.41, 5.74) is 1.09. The molecule has 0 spiro atoms. The molecule has 2 rings (SSSR count). The minimum atomic E-state index is -0.580. The molecule has 0 bridgehead atoms. The fourth-order valence-corrected chi connectivity index (χ4v) is 1.39. The smallest absolute Gasteiger partial charge is 0.411 e. The van der Waals surface area contributed by atoms with E-state index in [0.29, 0.717) is 17.1 Å². The lowest BCUT2D eigenvalue weighted by atomic mass is 10.3. The van der Waals surface area contributed by atoms with Crippen LogP contribution in [0.1, 0.15) is 0 Å². The molecule has 0 atom stereocenters. The van der Waals surface area contributed by atoms with Crippen LogP contribution in [0.2, 0.25) is 0 Å². The van der Waals surface area contributed by atoms with E-state index in [0.717, 1.165) is 0 Å². The van der Waals surface area contributed by atoms with Crippen LogP contribution in [0.3, 0.4) is 0 Å². The van der Waals surface area contributed by atoms with Crippen LogP contribution in [0, 0.1) is 6.57 Å². The minimum absolute atomic E-state index is 0.344. The van der Waals surface area contributed by atoms with Crippen molar-refractivity contribution in [2.24, 2.45) is 0 Å². The van der Waals surface area contributed by atoms with Gasteiger partial charge in [0.1, 0.15) is 5.75 Å². The first kappa shape index (κ1) is 11.7. The van der Waals surface area contributed by atoms with Crippen LogP contribution >= 0.6 is 0 Å². The Morgan fingerprint density at radius 2 is 1.89 bits per heavy atom. The van der Waals surface area contributed by atoms with Crippen molar-refractivity contribution in [2.45, 2.75) is 0 Å². The molecule has 1 N–H and O–H groups in total. The van der Waals surface area contributed by atoms with Crippen LogP contribution in [0.5, 0.6) is 5.75 Å². The molecular weight excluding hydrogens is 228 g/mol. The Labute approximate surface area is 105 Å². The fraction of sp³-hybridized carbons (Fsp3) is 0. The lowest BCUT2D eigenvalue weighted by Gasteiger charge is -2.06. The van der Waals surface area contributed by atoms with Crippen LogP contribution < -0.4 is 10.1 Å². The predicted molar refractivity (Wildman–Crippen MR) is 68.8 cm³/mol. The highest BCUT2D eigenvalue weighted by Gasteiger charge is 2.05.